The molecular weight excluding hydrogens is 454 g/mol. The summed E-state index contributed by atoms with van der Waals surface area (Å²) in [6.45, 7) is 3.63. The molecule has 1 aromatic heterocycles. The third-order valence-corrected chi connectivity index (χ3v) is 6.19. The predicted molar refractivity (Wildman–Crippen MR) is 130 cm³/mol. The summed E-state index contributed by atoms with van der Waals surface area (Å²) in [4.78, 5) is 41.8. The summed E-state index contributed by atoms with van der Waals surface area (Å²) in [6, 6.07) is 14.9. The van der Waals surface area contributed by atoms with Crippen LogP contribution in [0.1, 0.15) is 31.0 Å². The molecule has 0 amide bonds. The van der Waals surface area contributed by atoms with E-state index < -0.39 is 16.9 Å². The SMILES string of the molecule is CCOC(=O)C1=C(C)N=c2sc(=Cc3cccc([N+](=O)[O-])c3)c(=O)n2[C@H]1/C=C\c1ccccc1. The third-order valence-electron chi connectivity index (χ3n) is 5.21. The second-order valence-electron chi connectivity index (χ2n) is 7.47. The average Bonchev–Trinajstić information content (AvgIpc) is 3.12. The molecule has 0 spiro atoms. The summed E-state index contributed by atoms with van der Waals surface area (Å²) in [5.74, 6) is -0.528. The fourth-order valence-electron chi connectivity index (χ4n) is 3.66. The maximum absolute atomic E-state index is 13.4. The standard InChI is InChI=1S/C25H21N3O5S/c1-3-33-24(30)22-16(2)26-25-27(20(22)13-12-17-8-5-4-6-9-17)23(29)21(34-25)15-18-10-7-11-19(14-18)28(31)32/h4-15,20H,3H2,1-2H3/b13-12-,21-15?/t20-/m0/s1. The number of thiazole rings is 1. The van der Waals surface area contributed by atoms with Gasteiger partial charge in [-0.2, -0.15) is 0 Å². The van der Waals surface area contributed by atoms with Gasteiger partial charge in [0.05, 0.1) is 33.4 Å². The van der Waals surface area contributed by atoms with E-state index in [2.05, 4.69) is 4.99 Å². The van der Waals surface area contributed by atoms with Crippen molar-refractivity contribution in [2.24, 2.45) is 4.99 Å². The van der Waals surface area contributed by atoms with E-state index in [-0.39, 0.29) is 17.9 Å². The lowest BCUT2D eigenvalue weighted by atomic mass is 10.0. The molecule has 3 aromatic rings. The molecule has 34 heavy (non-hydrogen) atoms. The van der Waals surface area contributed by atoms with Crippen molar-refractivity contribution in [3.8, 4) is 0 Å². The zero-order valence-electron chi connectivity index (χ0n) is 18.5. The zero-order chi connectivity index (χ0) is 24.2. The van der Waals surface area contributed by atoms with Crippen LogP contribution in [0, 0.1) is 10.1 Å². The summed E-state index contributed by atoms with van der Waals surface area (Å²) in [5, 5.41) is 11.1. The highest BCUT2D eigenvalue weighted by atomic mass is 32.1. The molecule has 0 saturated carbocycles. The summed E-state index contributed by atoms with van der Waals surface area (Å²) >= 11 is 1.17. The van der Waals surface area contributed by atoms with E-state index in [0.717, 1.165) is 5.56 Å². The highest BCUT2D eigenvalue weighted by molar-refractivity contribution is 7.07. The van der Waals surface area contributed by atoms with E-state index in [9.17, 15) is 19.7 Å². The zero-order valence-corrected chi connectivity index (χ0v) is 19.3. The molecule has 1 aliphatic rings. The van der Waals surface area contributed by atoms with Gasteiger partial charge in [0.1, 0.15) is 0 Å². The van der Waals surface area contributed by atoms with Gasteiger partial charge in [-0.15, -0.1) is 0 Å². The van der Waals surface area contributed by atoms with Gasteiger partial charge in [-0.1, -0.05) is 66.0 Å². The largest absolute Gasteiger partial charge is 0.463 e. The van der Waals surface area contributed by atoms with Gasteiger partial charge in [-0.05, 0) is 31.1 Å². The fraction of sp³-hybridized carbons (Fsp3) is 0.160. The Bertz CT molecular complexity index is 1500. The number of ether oxygens (including phenoxy) is 1. The normalized spacial score (nSPS) is 15.8. The number of non-ortho nitro benzene ring substituents is 1. The van der Waals surface area contributed by atoms with Crippen LogP contribution in [0.5, 0.6) is 0 Å². The van der Waals surface area contributed by atoms with Crippen molar-refractivity contribution in [1.82, 2.24) is 4.57 Å². The first-order valence-corrected chi connectivity index (χ1v) is 11.4. The van der Waals surface area contributed by atoms with Gasteiger partial charge in [0, 0.05) is 12.1 Å². The molecule has 8 nitrogen and oxygen atoms in total. The minimum atomic E-state index is -0.706. The number of hydrogen-bond donors (Lipinski definition) is 0. The summed E-state index contributed by atoms with van der Waals surface area (Å²) in [6.07, 6.45) is 5.23. The van der Waals surface area contributed by atoms with Gasteiger partial charge in [-0.25, -0.2) is 9.79 Å². The number of nitro groups is 1. The van der Waals surface area contributed by atoms with Crippen LogP contribution < -0.4 is 14.9 Å². The quantitative estimate of drug-likeness (QED) is 0.309. The van der Waals surface area contributed by atoms with Crippen molar-refractivity contribution in [3.05, 3.63) is 113 Å². The molecule has 0 unspecified atom stereocenters. The summed E-state index contributed by atoms with van der Waals surface area (Å²) in [7, 11) is 0. The number of rotatable bonds is 6. The molecule has 2 heterocycles. The van der Waals surface area contributed by atoms with Gasteiger partial charge in [0.15, 0.2) is 4.80 Å². The van der Waals surface area contributed by atoms with Crippen LogP contribution in [0.25, 0.3) is 12.2 Å². The Morgan fingerprint density at radius 1 is 1.21 bits per heavy atom. The highest BCUT2D eigenvalue weighted by Gasteiger charge is 2.30. The second kappa shape index (κ2) is 9.80. The van der Waals surface area contributed by atoms with Gasteiger partial charge in [0.2, 0.25) is 0 Å². The number of nitro benzene ring substituents is 1. The lowest BCUT2D eigenvalue weighted by molar-refractivity contribution is -0.384. The van der Waals surface area contributed by atoms with Crippen molar-refractivity contribution >= 4 is 35.1 Å². The Morgan fingerprint density at radius 3 is 2.65 bits per heavy atom. The van der Waals surface area contributed by atoms with Crippen molar-refractivity contribution in [2.75, 3.05) is 6.61 Å². The molecule has 172 valence electrons. The number of nitrogens with zero attached hydrogens (tertiary/aromatic N) is 3. The van der Waals surface area contributed by atoms with Crippen LogP contribution in [0.15, 0.2) is 81.7 Å². The minimum absolute atomic E-state index is 0.0642. The smallest absolute Gasteiger partial charge is 0.338 e. The van der Waals surface area contributed by atoms with Gasteiger partial charge in [0.25, 0.3) is 11.2 Å². The van der Waals surface area contributed by atoms with Crippen molar-refractivity contribution in [3.63, 3.8) is 0 Å². The molecular formula is C25H21N3O5S. The Balaban J connectivity index is 1.87. The number of carbonyl (C=O) groups is 1. The number of allylic oxidation sites excluding steroid dienone is 2. The Morgan fingerprint density at radius 2 is 1.94 bits per heavy atom. The van der Waals surface area contributed by atoms with Crippen LogP contribution in [-0.2, 0) is 9.53 Å². The van der Waals surface area contributed by atoms with E-state index in [4.69, 9.17) is 4.74 Å². The molecule has 4 rings (SSSR count). The van der Waals surface area contributed by atoms with E-state index in [1.807, 2.05) is 36.4 Å². The van der Waals surface area contributed by atoms with Crippen molar-refractivity contribution < 1.29 is 14.5 Å². The van der Waals surface area contributed by atoms with E-state index in [1.54, 1.807) is 38.1 Å². The molecule has 0 bridgehead atoms. The van der Waals surface area contributed by atoms with Crippen LogP contribution in [0.2, 0.25) is 0 Å². The maximum Gasteiger partial charge on any atom is 0.338 e. The van der Waals surface area contributed by atoms with Crippen molar-refractivity contribution in [1.29, 1.82) is 0 Å². The van der Waals surface area contributed by atoms with Crippen molar-refractivity contribution in [2.45, 2.75) is 19.9 Å². The number of esters is 1. The lowest BCUT2D eigenvalue weighted by Crippen LogP contribution is -2.38. The number of hydrogen-bond acceptors (Lipinski definition) is 7. The summed E-state index contributed by atoms with van der Waals surface area (Å²) in [5.41, 5.74) is 1.81. The Hall–Kier alpha value is -4.11. The minimum Gasteiger partial charge on any atom is -0.463 e. The first-order valence-electron chi connectivity index (χ1n) is 10.6. The predicted octanol–water partition coefficient (Wildman–Crippen LogP) is 3.37. The average molecular weight is 476 g/mol. The molecule has 0 radical (unpaired) electrons. The van der Waals surface area contributed by atoms with E-state index in [0.29, 0.717) is 26.2 Å². The lowest BCUT2D eigenvalue weighted by Gasteiger charge is -2.21. The molecule has 9 heteroatoms. The first kappa shape index (κ1) is 23.1. The maximum atomic E-state index is 13.4. The van der Waals surface area contributed by atoms with Gasteiger partial charge in [-0.3, -0.25) is 19.5 Å². The summed E-state index contributed by atoms with van der Waals surface area (Å²) < 4.78 is 7.07. The Labute approximate surface area is 198 Å². The number of aromatic nitrogens is 1. The second-order valence-corrected chi connectivity index (χ2v) is 8.48. The monoisotopic (exact) mass is 475 g/mol. The van der Waals surface area contributed by atoms with E-state index >= 15 is 0 Å². The van der Waals surface area contributed by atoms with Gasteiger partial charge < -0.3 is 4.74 Å². The molecule has 1 atom stereocenters. The third kappa shape index (κ3) is 4.65. The molecule has 0 fully saturated rings. The molecule has 1 aliphatic heterocycles. The number of carbonyl (C=O) groups excluding carboxylic acids is 1. The number of fused-ring (bicyclic) bond motifs is 1. The van der Waals surface area contributed by atoms with Crippen LogP contribution >= 0.6 is 11.3 Å². The van der Waals surface area contributed by atoms with Crippen LogP contribution in [0.4, 0.5) is 5.69 Å². The van der Waals surface area contributed by atoms with E-state index in [1.165, 1.54) is 28.0 Å². The molecule has 0 N–H and O–H groups in total. The van der Waals surface area contributed by atoms with Gasteiger partial charge >= 0.3 is 5.97 Å². The topological polar surface area (TPSA) is 104 Å². The Kier molecular flexibility index (Phi) is 6.65. The fourth-order valence-corrected chi connectivity index (χ4v) is 4.72. The molecule has 0 aliphatic carbocycles. The highest BCUT2D eigenvalue weighted by Crippen LogP contribution is 2.26. The van der Waals surface area contributed by atoms with Crippen LogP contribution in [0.3, 0.4) is 0 Å². The van der Waals surface area contributed by atoms with Crippen LogP contribution in [-0.4, -0.2) is 22.1 Å². The molecule has 2 aromatic carbocycles. The number of benzene rings is 2. The first-order chi connectivity index (χ1) is 16.4. The molecule has 0 saturated heterocycles.